The predicted molar refractivity (Wildman–Crippen MR) is 106 cm³/mol. The van der Waals surface area contributed by atoms with E-state index in [2.05, 4.69) is 0 Å². The molecule has 0 spiro atoms. The van der Waals surface area contributed by atoms with Gasteiger partial charge in [0.2, 0.25) is 0 Å². The normalized spacial score (nSPS) is 18.9. The minimum absolute atomic E-state index is 0.0562. The van der Waals surface area contributed by atoms with Crippen molar-refractivity contribution in [2.24, 2.45) is 11.7 Å². The van der Waals surface area contributed by atoms with Gasteiger partial charge in [-0.15, -0.1) is 0 Å². The number of nitrogens with zero attached hydrogens (tertiary/aromatic N) is 1. The number of nitrogens with two attached hydrogens (primary N) is 1. The third-order valence-corrected chi connectivity index (χ3v) is 6.83. The van der Waals surface area contributed by atoms with Crippen molar-refractivity contribution in [3.05, 3.63) is 65.7 Å². The number of hydrogen-bond acceptors (Lipinski definition) is 4. The Morgan fingerprint density at radius 3 is 2.63 bits per heavy atom. The summed E-state index contributed by atoms with van der Waals surface area (Å²) in [6, 6.07) is 15.4. The van der Waals surface area contributed by atoms with E-state index in [0.29, 0.717) is 30.1 Å². The molecule has 1 aliphatic rings. The molecule has 1 saturated heterocycles. The number of sulfone groups is 1. The third kappa shape index (κ3) is 4.76. The number of piperidine rings is 1. The molecule has 144 valence electrons. The number of amides is 1. The number of benzene rings is 2. The molecule has 6 heteroatoms. The van der Waals surface area contributed by atoms with Crippen LogP contribution in [0, 0.1) is 5.92 Å². The highest BCUT2D eigenvalue weighted by molar-refractivity contribution is 7.90. The number of rotatable bonds is 5. The highest BCUT2D eigenvalue weighted by atomic mass is 32.2. The molecule has 0 aliphatic carbocycles. The predicted octanol–water partition coefficient (Wildman–Crippen LogP) is 2.86. The molecule has 0 radical (unpaired) electrons. The Balaban J connectivity index is 1.76. The Bertz CT molecular complexity index is 895. The Kier molecular flexibility index (Phi) is 5.97. The zero-order valence-electron chi connectivity index (χ0n) is 15.5. The summed E-state index contributed by atoms with van der Waals surface area (Å²) in [5.41, 5.74) is 7.16. The van der Waals surface area contributed by atoms with Crippen LogP contribution in [-0.2, 0) is 15.6 Å². The summed E-state index contributed by atoms with van der Waals surface area (Å²) in [5.74, 6) is 0.129. The van der Waals surface area contributed by atoms with Crippen molar-refractivity contribution in [1.82, 2.24) is 4.90 Å². The van der Waals surface area contributed by atoms with Gasteiger partial charge in [-0.05, 0) is 55.5 Å². The van der Waals surface area contributed by atoms with E-state index in [4.69, 9.17) is 5.73 Å². The van der Waals surface area contributed by atoms with E-state index < -0.39 is 9.84 Å². The second-order valence-corrected chi connectivity index (χ2v) is 9.27. The zero-order valence-corrected chi connectivity index (χ0v) is 16.4. The maximum atomic E-state index is 12.9. The molecule has 0 bridgehead atoms. The van der Waals surface area contributed by atoms with Gasteiger partial charge in [0.15, 0.2) is 9.84 Å². The molecule has 1 heterocycles. The van der Waals surface area contributed by atoms with Crippen LogP contribution >= 0.6 is 0 Å². The van der Waals surface area contributed by atoms with E-state index in [9.17, 15) is 13.2 Å². The fourth-order valence-electron chi connectivity index (χ4n) is 3.53. The van der Waals surface area contributed by atoms with Gasteiger partial charge in [0.25, 0.3) is 5.91 Å². The molecule has 2 N–H and O–H groups in total. The van der Waals surface area contributed by atoms with Crippen LogP contribution in [-0.4, -0.2) is 38.4 Å². The fraction of sp³-hybridized carbons (Fsp3) is 0.381. The van der Waals surface area contributed by atoms with E-state index in [0.717, 1.165) is 12.8 Å². The first kappa shape index (κ1) is 19.6. The third-order valence-electron chi connectivity index (χ3n) is 5.12. The lowest BCUT2D eigenvalue weighted by atomic mass is 9.92. The number of likely N-dealkylation sites (tertiary alicyclic amines) is 1. The van der Waals surface area contributed by atoms with E-state index in [-0.39, 0.29) is 22.6 Å². The molecule has 2 atom stereocenters. The molecule has 2 aromatic carbocycles. The SMILES string of the molecule is C[C@H](N)[C@H]1CCCN(C(=O)c2cccc(CS(=O)(=O)c3ccccc3)c2)C1. The van der Waals surface area contributed by atoms with Crippen molar-refractivity contribution in [3.8, 4) is 0 Å². The lowest BCUT2D eigenvalue weighted by Gasteiger charge is -2.34. The molecule has 0 aromatic heterocycles. The Hall–Kier alpha value is -2.18. The van der Waals surface area contributed by atoms with Crippen molar-refractivity contribution < 1.29 is 13.2 Å². The molecule has 1 aliphatic heterocycles. The number of hydrogen-bond donors (Lipinski definition) is 1. The van der Waals surface area contributed by atoms with Gasteiger partial charge in [0.1, 0.15) is 0 Å². The van der Waals surface area contributed by atoms with E-state index in [1.54, 1.807) is 54.6 Å². The summed E-state index contributed by atoms with van der Waals surface area (Å²) in [6.07, 6.45) is 1.98. The molecule has 1 amide bonds. The van der Waals surface area contributed by atoms with Crippen LogP contribution in [0.3, 0.4) is 0 Å². The van der Waals surface area contributed by atoms with Crippen LogP contribution in [0.4, 0.5) is 0 Å². The number of carbonyl (C=O) groups excluding carboxylic acids is 1. The van der Waals surface area contributed by atoms with Crippen LogP contribution in [0.5, 0.6) is 0 Å². The first-order valence-corrected chi connectivity index (χ1v) is 10.9. The average molecular weight is 387 g/mol. The van der Waals surface area contributed by atoms with Crippen LogP contribution < -0.4 is 5.73 Å². The van der Waals surface area contributed by atoms with Crippen molar-refractivity contribution in [1.29, 1.82) is 0 Å². The van der Waals surface area contributed by atoms with Gasteiger partial charge < -0.3 is 10.6 Å². The summed E-state index contributed by atoms with van der Waals surface area (Å²) in [5, 5.41) is 0. The first-order valence-electron chi connectivity index (χ1n) is 9.28. The smallest absolute Gasteiger partial charge is 0.253 e. The van der Waals surface area contributed by atoms with Crippen molar-refractivity contribution in [3.63, 3.8) is 0 Å². The zero-order chi connectivity index (χ0) is 19.4. The molecule has 27 heavy (non-hydrogen) atoms. The van der Waals surface area contributed by atoms with Gasteiger partial charge >= 0.3 is 0 Å². The number of carbonyl (C=O) groups is 1. The average Bonchev–Trinajstić information content (AvgIpc) is 2.68. The molecule has 1 fully saturated rings. The fourth-order valence-corrected chi connectivity index (χ4v) is 4.89. The Labute approximate surface area is 161 Å². The van der Waals surface area contributed by atoms with Crippen LogP contribution in [0.25, 0.3) is 0 Å². The summed E-state index contributed by atoms with van der Waals surface area (Å²) < 4.78 is 25.2. The molecular weight excluding hydrogens is 360 g/mol. The maximum Gasteiger partial charge on any atom is 0.253 e. The minimum atomic E-state index is -3.44. The topological polar surface area (TPSA) is 80.5 Å². The second-order valence-electron chi connectivity index (χ2n) is 7.29. The van der Waals surface area contributed by atoms with E-state index >= 15 is 0 Å². The van der Waals surface area contributed by atoms with Gasteiger partial charge in [-0.25, -0.2) is 8.42 Å². The summed E-state index contributed by atoms with van der Waals surface area (Å²) in [6.45, 7) is 3.35. The molecule has 3 rings (SSSR count). The minimum Gasteiger partial charge on any atom is -0.338 e. The van der Waals surface area contributed by atoms with Gasteiger partial charge in [0.05, 0.1) is 10.6 Å². The van der Waals surface area contributed by atoms with Gasteiger partial charge in [-0.3, -0.25) is 4.79 Å². The molecule has 5 nitrogen and oxygen atoms in total. The standard InChI is InChI=1S/C21H26N2O3S/c1-16(22)19-9-6-12-23(14-19)21(24)18-8-5-7-17(13-18)15-27(25,26)20-10-3-2-4-11-20/h2-5,7-8,10-11,13,16,19H,6,9,12,14-15,22H2,1H3/t16-,19-/m0/s1. The van der Waals surface area contributed by atoms with E-state index in [1.165, 1.54) is 0 Å². The lowest BCUT2D eigenvalue weighted by Crippen LogP contribution is -2.45. The van der Waals surface area contributed by atoms with Crippen molar-refractivity contribution in [2.75, 3.05) is 13.1 Å². The quantitative estimate of drug-likeness (QED) is 0.857. The summed E-state index contributed by atoms with van der Waals surface area (Å²) in [4.78, 5) is 15.0. The highest BCUT2D eigenvalue weighted by Crippen LogP contribution is 2.22. The monoisotopic (exact) mass is 386 g/mol. The van der Waals surface area contributed by atoms with Crippen LogP contribution in [0.1, 0.15) is 35.7 Å². The van der Waals surface area contributed by atoms with Crippen LogP contribution in [0.15, 0.2) is 59.5 Å². The largest absolute Gasteiger partial charge is 0.338 e. The molecule has 2 aromatic rings. The molecule has 0 saturated carbocycles. The van der Waals surface area contributed by atoms with Gasteiger partial charge in [-0.1, -0.05) is 30.3 Å². The summed E-state index contributed by atoms with van der Waals surface area (Å²) >= 11 is 0. The lowest BCUT2D eigenvalue weighted by molar-refractivity contribution is 0.0661. The highest BCUT2D eigenvalue weighted by Gasteiger charge is 2.26. The maximum absolute atomic E-state index is 12.9. The summed E-state index contributed by atoms with van der Waals surface area (Å²) in [7, 11) is -3.44. The van der Waals surface area contributed by atoms with Gasteiger partial charge in [0, 0.05) is 24.7 Å². The van der Waals surface area contributed by atoms with Crippen LogP contribution in [0.2, 0.25) is 0 Å². The Morgan fingerprint density at radius 1 is 1.19 bits per heavy atom. The Morgan fingerprint density at radius 2 is 1.93 bits per heavy atom. The van der Waals surface area contributed by atoms with E-state index in [1.807, 2.05) is 11.8 Å². The molecular formula is C21H26N2O3S. The molecule has 0 unspecified atom stereocenters. The van der Waals surface area contributed by atoms with Crippen molar-refractivity contribution >= 4 is 15.7 Å². The first-order chi connectivity index (χ1) is 12.9. The van der Waals surface area contributed by atoms with Gasteiger partial charge in [-0.2, -0.15) is 0 Å². The van der Waals surface area contributed by atoms with Crippen molar-refractivity contribution in [2.45, 2.75) is 36.5 Å². The second kappa shape index (κ2) is 8.23.